The van der Waals surface area contributed by atoms with Gasteiger partial charge in [0.25, 0.3) is 0 Å². The third-order valence-corrected chi connectivity index (χ3v) is 3.18. The third kappa shape index (κ3) is 6.93. The van der Waals surface area contributed by atoms with Gasteiger partial charge in [0.15, 0.2) is 5.69 Å². The van der Waals surface area contributed by atoms with Crippen LogP contribution < -0.4 is 10.6 Å². The summed E-state index contributed by atoms with van der Waals surface area (Å²) < 4.78 is 45.2. The monoisotopic (exact) mass is 378 g/mol. The molecule has 0 aromatic carbocycles. The van der Waals surface area contributed by atoms with Crippen LogP contribution in [0.5, 0.6) is 0 Å². The van der Waals surface area contributed by atoms with Gasteiger partial charge in [0.1, 0.15) is 18.0 Å². The molecule has 0 aliphatic carbocycles. The highest BCUT2D eigenvalue weighted by atomic mass is 19.4. The largest absolute Gasteiger partial charge is 0.444 e. The number of ether oxygens (including phenoxy) is 1. The SMILES string of the molecule is CNC(=O)Cn1cc(C(F)(F)F)nc1CC(C)(C)NC(=O)OC(C)(C)C. The Kier molecular flexibility index (Phi) is 6.32. The first-order valence-corrected chi connectivity index (χ1v) is 7.98. The number of carbonyl (C=O) groups excluding carboxylic acids is 2. The van der Waals surface area contributed by atoms with E-state index in [9.17, 15) is 22.8 Å². The van der Waals surface area contributed by atoms with Crippen molar-refractivity contribution in [3.8, 4) is 0 Å². The summed E-state index contributed by atoms with van der Waals surface area (Å²) in [5.41, 5.74) is -2.75. The van der Waals surface area contributed by atoms with Gasteiger partial charge in [0.2, 0.25) is 5.91 Å². The Bertz CT molecular complexity index is 661. The molecule has 0 aliphatic rings. The number of amides is 2. The normalized spacial score (nSPS) is 12.7. The Morgan fingerprint density at radius 1 is 1.19 bits per heavy atom. The van der Waals surface area contributed by atoms with Gasteiger partial charge >= 0.3 is 12.3 Å². The van der Waals surface area contributed by atoms with Gasteiger partial charge < -0.3 is 19.9 Å². The lowest BCUT2D eigenvalue weighted by atomic mass is 10.0. The number of carbonyl (C=O) groups is 2. The number of nitrogens with one attached hydrogen (secondary N) is 2. The molecule has 10 heteroatoms. The molecule has 1 heterocycles. The van der Waals surface area contributed by atoms with Crippen molar-refractivity contribution in [2.45, 2.75) is 64.9 Å². The quantitative estimate of drug-likeness (QED) is 0.824. The molecule has 2 amide bonds. The number of halogens is 3. The molecule has 0 unspecified atom stereocenters. The Morgan fingerprint density at radius 2 is 1.77 bits per heavy atom. The fourth-order valence-corrected chi connectivity index (χ4v) is 2.12. The molecule has 26 heavy (non-hydrogen) atoms. The first-order valence-electron chi connectivity index (χ1n) is 7.98. The topological polar surface area (TPSA) is 85.3 Å². The van der Waals surface area contributed by atoms with E-state index in [0.717, 1.165) is 10.8 Å². The fourth-order valence-electron chi connectivity index (χ4n) is 2.12. The van der Waals surface area contributed by atoms with Crippen molar-refractivity contribution in [1.29, 1.82) is 0 Å². The number of alkyl carbamates (subject to hydrolysis) is 1. The highest BCUT2D eigenvalue weighted by molar-refractivity contribution is 5.75. The van der Waals surface area contributed by atoms with E-state index in [2.05, 4.69) is 15.6 Å². The number of alkyl halides is 3. The van der Waals surface area contributed by atoms with Crippen molar-refractivity contribution in [3.05, 3.63) is 17.7 Å². The predicted molar refractivity (Wildman–Crippen MR) is 88.4 cm³/mol. The van der Waals surface area contributed by atoms with E-state index in [0.29, 0.717) is 0 Å². The third-order valence-electron chi connectivity index (χ3n) is 3.18. The lowest BCUT2D eigenvalue weighted by molar-refractivity contribution is -0.141. The Labute approximate surface area is 150 Å². The maximum absolute atomic E-state index is 13.0. The van der Waals surface area contributed by atoms with Crippen molar-refractivity contribution in [1.82, 2.24) is 20.2 Å². The molecule has 0 fully saturated rings. The number of hydrogen-bond donors (Lipinski definition) is 2. The number of nitrogens with zero attached hydrogens (tertiary/aromatic N) is 2. The van der Waals surface area contributed by atoms with Gasteiger partial charge in [-0.3, -0.25) is 4.79 Å². The van der Waals surface area contributed by atoms with E-state index in [1.54, 1.807) is 34.6 Å². The first kappa shape index (κ1) is 21.8. The minimum absolute atomic E-state index is 0.0285. The average molecular weight is 378 g/mol. The molecule has 0 saturated heterocycles. The number of hydrogen-bond acceptors (Lipinski definition) is 4. The lowest BCUT2D eigenvalue weighted by Gasteiger charge is -2.28. The van der Waals surface area contributed by atoms with E-state index >= 15 is 0 Å². The van der Waals surface area contributed by atoms with E-state index in [-0.39, 0.29) is 18.8 Å². The lowest BCUT2D eigenvalue weighted by Crippen LogP contribution is -2.47. The molecule has 0 atom stereocenters. The number of imidazole rings is 1. The summed E-state index contributed by atoms with van der Waals surface area (Å²) in [7, 11) is 1.39. The molecule has 2 N–H and O–H groups in total. The second kappa shape index (κ2) is 7.55. The number of aromatic nitrogens is 2. The molecule has 0 saturated carbocycles. The van der Waals surface area contributed by atoms with Crippen molar-refractivity contribution in [2.75, 3.05) is 7.05 Å². The van der Waals surface area contributed by atoms with Gasteiger partial charge in [-0.2, -0.15) is 13.2 Å². The molecule has 7 nitrogen and oxygen atoms in total. The molecule has 1 rings (SSSR count). The molecule has 0 aliphatic heterocycles. The van der Waals surface area contributed by atoms with E-state index < -0.39 is 35.0 Å². The minimum atomic E-state index is -4.63. The molecule has 148 valence electrons. The zero-order chi connectivity index (χ0) is 20.3. The molecule has 0 radical (unpaired) electrons. The van der Waals surface area contributed by atoms with Crippen molar-refractivity contribution in [2.24, 2.45) is 0 Å². The van der Waals surface area contributed by atoms with Crippen LogP contribution in [0.4, 0.5) is 18.0 Å². The van der Waals surface area contributed by atoms with Gasteiger partial charge in [-0.1, -0.05) is 0 Å². The van der Waals surface area contributed by atoms with Crippen molar-refractivity contribution >= 4 is 12.0 Å². The van der Waals surface area contributed by atoms with Gasteiger partial charge in [-0.25, -0.2) is 9.78 Å². The summed E-state index contributed by atoms with van der Waals surface area (Å²) in [6.45, 7) is 8.05. The molecule has 0 bridgehead atoms. The van der Waals surface area contributed by atoms with Crippen LogP contribution >= 0.6 is 0 Å². The van der Waals surface area contributed by atoms with Gasteiger partial charge in [0, 0.05) is 25.2 Å². The van der Waals surface area contributed by atoms with Crippen LogP contribution in [0, 0.1) is 0 Å². The first-order chi connectivity index (χ1) is 11.6. The fraction of sp³-hybridized carbons (Fsp3) is 0.688. The van der Waals surface area contributed by atoms with Crippen LogP contribution in [-0.4, -0.2) is 39.7 Å². The smallest absolute Gasteiger partial charge is 0.434 e. The van der Waals surface area contributed by atoms with Gasteiger partial charge in [-0.15, -0.1) is 0 Å². The Balaban J connectivity index is 3.03. The van der Waals surface area contributed by atoms with Gasteiger partial charge in [-0.05, 0) is 34.6 Å². The molecule has 1 aromatic rings. The maximum atomic E-state index is 13.0. The van der Waals surface area contributed by atoms with Crippen LogP contribution in [0.1, 0.15) is 46.1 Å². The second-order valence-corrected chi connectivity index (χ2v) is 7.53. The number of likely N-dealkylation sites (N-methyl/N-ethyl adjacent to an activating group) is 1. The second-order valence-electron chi connectivity index (χ2n) is 7.53. The summed E-state index contributed by atoms with van der Waals surface area (Å²) in [4.78, 5) is 27.1. The Hall–Kier alpha value is -2.26. The summed E-state index contributed by atoms with van der Waals surface area (Å²) in [6.07, 6.45) is -4.57. The zero-order valence-corrected chi connectivity index (χ0v) is 15.7. The van der Waals surface area contributed by atoms with Gasteiger partial charge in [0.05, 0.1) is 0 Å². The summed E-state index contributed by atoms with van der Waals surface area (Å²) in [6, 6.07) is 0. The van der Waals surface area contributed by atoms with Crippen LogP contribution in [0.15, 0.2) is 6.20 Å². The van der Waals surface area contributed by atoms with E-state index in [1.807, 2.05) is 0 Å². The van der Waals surface area contributed by atoms with Crippen LogP contribution in [-0.2, 0) is 28.7 Å². The number of rotatable bonds is 5. The van der Waals surface area contributed by atoms with Crippen molar-refractivity contribution in [3.63, 3.8) is 0 Å². The molecular weight excluding hydrogens is 353 g/mol. The predicted octanol–water partition coefficient (Wildman–Crippen LogP) is 2.49. The van der Waals surface area contributed by atoms with Crippen LogP contribution in [0.2, 0.25) is 0 Å². The van der Waals surface area contributed by atoms with Crippen molar-refractivity contribution < 1.29 is 27.5 Å². The van der Waals surface area contributed by atoms with Crippen LogP contribution in [0.25, 0.3) is 0 Å². The Morgan fingerprint density at radius 3 is 2.23 bits per heavy atom. The minimum Gasteiger partial charge on any atom is -0.444 e. The van der Waals surface area contributed by atoms with E-state index in [4.69, 9.17) is 4.74 Å². The molecule has 1 aromatic heterocycles. The summed E-state index contributed by atoms with van der Waals surface area (Å²) >= 11 is 0. The van der Waals surface area contributed by atoms with E-state index in [1.165, 1.54) is 7.05 Å². The summed E-state index contributed by atoms with van der Waals surface area (Å²) in [5, 5.41) is 4.96. The average Bonchev–Trinajstić information content (AvgIpc) is 2.77. The standard InChI is InChI=1S/C16H25F3N4O3/c1-14(2,3)26-13(25)22-15(4,5)7-11-21-10(16(17,18)19)8-23(11)9-12(24)20-6/h8H,7,9H2,1-6H3,(H,20,24)(H,22,25). The molecule has 0 spiro atoms. The zero-order valence-electron chi connectivity index (χ0n) is 15.7. The van der Waals surface area contributed by atoms with Crippen LogP contribution in [0.3, 0.4) is 0 Å². The highest BCUT2D eigenvalue weighted by Gasteiger charge is 2.36. The molecular formula is C16H25F3N4O3. The summed E-state index contributed by atoms with van der Waals surface area (Å²) in [5.74, 6) is -0.433. The maximum Gasteiger partial charge on any atom is 0.434 e. The highest BCUT2D eigenvalue weighted by Crippen LogP contribution is 2.29.